The molecule has 0 aliphatic heterocycles. The fraction of sp³-hybridized carbons (Fsp3) is 0.0667. The Bertz CT molecular complexity index is 783. The standard InChI is InChI=1S/C15H12BrN3OS/c1-20-12-6-7-13-14(8-12)21-15(18-13)19-17-9-10-2-4-11(16)5-3-10/h2-9H,1H3,(H,18,19). The number of hydrogen-bond acceptors (Lipinski definition) is 5. The number of hydrazone groups is 1. The SMILES string of the molecule is COc1ccc2nc(NN=Cc3ccc(Br)cc3)sc2c1. The van der Waals surface area contributed by atoms with Crippen molar-refractivity contribution >= 4 is 48.8 Å². The molecule has 3 aromatic rings. The van der Waals surface area contributed by atoms with Gasteiger partial charge in [-0.25, -0.2) is 4.98 Å². The Morgan fingerprint density at radius 2 is 2.05 bits per heavy atom. The number of hydrogen-bond donors (Lipinski definition) is 1. The van der Waals surface area contributed by atoms with Gasteiger partial charge in [0.25, 0.3) is 0 Å². The number of aromatic nitrogens is 1. The van der Waals surface area contributed by atoms with Crippen molar-refractivity contribution in [2.75, 3.05) is 12.5 Å². The second-order valence-electron chi connectivity index (χ2n) is 4.27. The van der Waals surface area contributed by atoms with E-state index in [1.54, 1.807) is 24.7 Å². The topological polar surface area (TPSA) is 46.5 Å². The minimum atomic E-state index is 0.756. The summed E-state index contributed by atoms with van der Waals surface area (Å²) in [5.74, 6) is 0.830. The van der Waals surface area contributed by atoms with E-state index in [1.807, 2.05) is 42.5 Å². The van der Waals surface area contributed by atoms with E-state index in [4.69, 9.17) is 4.74 Å². The maximum Gasteiger partial charge on any atom is 0.204 e. The second kappa shape index (κ2) is 6.24. The molecule has 0 fully saturated rings. The summed E-state index contributed by atoms with van der Waals surface area (Å²) in [7, 11) is 1.66. The van der Waals surface area contributed by atoms with Crippen LogP contribution < -0.4 is 10.2 Å². The third kappa shape index (κ3) is 3.40. The zero-order chi connectivity index (χ0) is 14.7. The fourth-order valence-corrected chi connectivity index (χ4v) is 2.90. The van der Waals surface area contributed by atoms with Crippen LogP contribution in [0.5, 0.6) is 5.75 Å². The minimum Gasteiger partial charge on any atom is -0.497 e. The molecule has 0 radical (unpaired) electrons. The van der Waals surface area contributed by atoms with Crippen molar-refractivity contribution in [3.63, 3.8) is 0 Å². The van der Waals surface area contributed by atoms with Crippen LogP contribution in [0.25, 0.3) is 10.2 Å². The van der Waals surface area contributed by atoms with E-state index in [1.165, 1.54) is 0 Å². The molecule has 0 amide bonds. The average molecular weight is 362 g/mol. The molecule has 4 nitrogen and oxygen atoms in total. The van der Waals surface area contributed by atoms with Gasteiger partial charge in [-0.3, -0.25) is 5.43 Å². The van der Waals surface area contributed by atoms with Crippen LogP contribution in [0.2, 0.25) is 0 Å². The van der Waals surface area contributed by atoms with Crippen LogP contribution in [0.4, 0.5) is 5.13 Å². The van der Waals surface area contributed by atoms with Crippen LogP contribution in [-0.4, -0.2) is 18.3 Å². The van der Waals surface area contributed by atoms with E-state index in [2.05, 4.69) is 31.4 Å². The molecule has 0 saturated heterocycles. The average Bonchev–Trinajstić information content (AvgIpc) is 2.91. The molecule has 1 aromatic heterocycles. The molecular formula is C15H12BrN3OS. The molecule has 1 heterocycles. The first-order valence-corrected chi connectivity index (χ1v) is 7.85. The number of benzene rings is 2. The predicted octanol–water partition coefficient (Wildman–Crippen LogP) is 4.51. The van der Waals surface area contributed by atoms with Crippen LogP contribution in [0.15, 0.2) is 52.0 Å². The molecule has 106 valence electrons. The van der Waals surface area contributed by atoms with Crippen LogP contribution in [0, 0.1) is 0 Å². The van der Waals surface area contributed by atoms with E-state index >= 15 is 0 Å². The van der Waals surface area contributed by atoms with Crippen molar-refractivity contribution in [2.45, 2.75) is 0 Å². The molecule has 0 saturated carbocycles. The smallest absolute Gasteiger partial charge is 0.204 e. The van der Waals surface area contributed by atoms with Gasteiger partial charge >= 0.3 is 0 Å². The Labute approximate surface area is 134 Å². The summed E-state index contributed by atoms with van der Waals surface area (Å²) in [5.41, 5.74) is 4.91. The quantitative estimate of drug-likeness (QED) is 0.549. The molecular weight excluding hydrogens is 350 g/mol. The zero-order valence-corrected chi connectivity index (χ0v) is 13.6. The molecule has 0 aliphatic carbocycles. The maximum absolute atomic E-state index is 5.21. The molecule has 0 atom stereocenters. The highest BCUT2D eigenvalue weighted by molar-refractivity contribution is 9.10. The molecule has 0 bridgehead atoms. The molecule has 0 aliphatic rings. The van der Waals surface area contributed by atoms with Crippen molar-refractivity contribution < 1.29 is 4.74 Å². The normalized spacial score (nSPS) is 11.1. The lowest BCUT2D eigenvalue weighted by Crippen LogP contribution is -1.89. The molecule has 0 spiro atoms. The summed E-state index contributed by atoms with van der Waals surface area (Å²) in [5, 5.41) is 4.96. The van der Waals surface area contributed by atoms with Gasteiger partial charge in [0.2, 0.25) is 5.13 Å². The van der Waals surface area contributed by atoms with Gasteiger partial charge in [-0.05, 0) is 35.9 Å². The van der Waals surface area contributed by atoms with Crippen LogP contribution >= 0.6 is 27.3 Å². The number of ether oxygens (including phenoxy) is 1. The van der Waals surface area contributed by atoms with Gasteiger partial charge in [0.05, 0.1) is 23.5 Å². The van der Waals surface area contributed by atoms with Crippen molar-refractivity contribution in [1.29, 1.82) is 0 Å². The highest BCUT2D eigenvalue weighted by Gasteiger charge is 2.03. The second-order valence-corrected chi connectivity index (χ2v) is 6.22. The van der Waals surface area contributed by atoms with Gasteiger partial charge in [0.15, 0.2) is 0 Å². The number of rotatable bonds is 4. The Morgan fingerprint density at radius 3 is 2.81 bits per heavy atom. The Morgan fingerprint density at radius 1 is 1.24 bits per heavy atom. The van der Waals surface area contributed by atoms with E-state index in [-0.39, 0.29) is 0 Å². The number of fused-ring (bicyclic) bond motifs is 1. The lowest BCUT2D eigenvalue weighted by atomic mass is 10.2. The van der Waals surface area contributed by atoms with Crippen LogP contribution in [0.1, 0.15) is 5.56 Å². The third-order valence-corrected chi connectivity index (χ3v) is 4.29. The number of nitrogens with zero attached hydrogens (tertiary/aromatic N) is 2. The lowest BCUT2D eigenvalue weighted by molar-refractivity contribution is 0.415. The Balaban J connectivity index is 1.74. The van der Waals surface area contributed by atoms with Gasteiger partial charge < -0.3 is 4.74 Å². The summed E-state index contributed by atoms with van der Waals surface area (Å²) in [6, 6.07) is 13.7. The molecule has 6 heteroatoms. The van der Waals surface area contributed by atoms with E-state index in [9.17, 15) is 0 Å². The van der Waals surface area contributed by atoms with Crippen LogP contribution in [-0.2, 0) is 0 Å². The van der Waals surface area contributed by atoms with E-state index in [0.717, 1.165) is 31.1 Å². The number of thiazole rings is 1. The number of anilines is 1. The van der Waals surface area contributed by atoms with Crippen LogP contribution in [0.3, 0.4) is 0 Å². The molecule has 21 heavy (non-hydrogen) atoms. The van der Waals surface area contributed by atoms with Gasteiger partial charge in [-0.2, -0.15) is 5.10 Å². The van der Waals surface area contributed by atoms with E-state index < -0.39 is 0 Å². The summed E-state index contributed by atoms with van der Waals surface area (Å²) < 4.78 is 7.32. The number of nitrogens with one attached hydrogen (secondary N) is 1. The zero-order valence-electron chi connectivity index (χ0n) is 11.2. The minimum absolute atomic E-state index is 0.756. The van der Waals surface area contributed by atoms with Crippen molar-refractivity contribution in [3.05, 3.63) is 52.5 Å². The fourth-order valence-electron chi connectivity index (χ4n) is 1.79. The van der Waals surface area contributed by atoms with Gasteiger partial charge in [-0.15, -0.1) is 0 Å². The van der Waals surface area contributed by atoms with Gasteiger partial charge in [0, 0.05) is 4.47 Å². The molecule has 3 rings (SSSR count). The first-order valence-electron chi connectivity index (χ1n) is 6.24. The summed E-state index contributed by atoms with van der Waals surface area (Å²) in [6.07, 6.45) is 1.76. The van der Waals surface area contributed by atoms with Crippen molar-refractivity contribution in [1.82, 2.24) is 4.98 Å². The summed E-state index contributed by atoms with van der Waals surface area (Å²) in [4.78, 5) is 4.46. The molecule has 2 aromatic carbocycles. The molecule has 1 N–H and O–H groups in total. The van der Waals surface area contributed by atoms with Gasteiger partial charge in [0.1, 0.15) is 5.75 Å². The Kier molecular flexibility index (Phi) is 4.17. The maximum atomic E-state index is 5.21. The summed E-state index contributed by atoms with van der Waals surface area (Å²) >= 11 is 4.94. The monoisotopic (exact) mass is 361 g/mol. The Hall–Kier alpha value is -1.92. The van der Waals surface area contributed by atoms with Crippen molar-refractivity contribution in [2.24, 2.45) is 5.10 Å². The molecule has 0 unspecified atom stereocenters. The first-order chi connectivity index (χ1) is 10.2. The van der Waals surface area contributed by atoms with Crippen molar-refractivity contribution in [3.8, 4) is 5.75 Å². The number of halogens is 1. The lowest BCUT2D eigenvalue weighted by Gasteiger charge is -1.96. The highest BCUT2D eigenvalue weighted by atomic mass is 79.9. The number of methoxy groups -OCH3 is 1. The van der Waals surface area contributed by atoms with E-state index in [0.29, 0.717) is 0 Å². The van der Waals surface area contributed by atoms with Gasteiger partial charge in [-0.1, -0.05) is 39.4 Å². The largest absolute Gasteiger partial charge is 0.497 e. The first kappa shape index (κ1) is 14.0. The highest BCUT2D eigenvalue weighted by Crippen LogP contribution is 2.29. The predicted molar refractivity (Wildman–Crippen MR) is 91.5 cm³/mol. The third-order valence-electron chi connectivity index (χ3n) is 2.84. The summed E-state index contributed by atoms with van der Waals surface area (Å²) in [6.45, 7) is 0.